The van der Waals surface area contributed by atoms with E-state index in [1.807, 2.05) is 26.0 Å². The summed E-state index contributed by atoms with van der Waals surface area (Å²) in [5.41, 5.74) is 2.33. The number of hydrogen-bond donors (Lipinski definition) is 1. The molecule has 2 aromatic carbocycles. The third kappa shape index (κ3) is 4.08. The van der Waals surface area contributed by atoms with E-state index in [2.05, 4.69) is 5.32 Å². The summed E-state index contributed by atoms with van der Waals surface area (Å²) in [5.74, 6) is -0.114. The second-order valence-corrected chi connectivity index (χ2v) is 6.37. The third-order valence-electron chi connectivity index (χ3n) is 3.81. The summed E-state index contributed by atoms with van der Waals surface area (Å²) in [6.45, 7) is 3.34. The molecule has 0 radical (unpaired) electrons. The summed E-state index contributed by atoms with van der Waals surface area (Å²) in [6.07, 6.45) is -0.914. The van der Waals surface area contributed by atoms with Crippen LogP contribution in [0.1, 0.15) is 11.1 Å². The minimum atomic E-state index is -0.914. The zero-order valence-corrected chi connectivity index (χ0v) is 15.1. The van der Waals surface area contributed by atoms with Gasteiger partial charge >= 0.3 is 5.97 Å². The number of fused-ring (bicyclic) bond motifs is 1. The van der Waals surface area contributed by atoms with Gasteiger partial charge < -0.3 is 19.5 Å². The lowest BCUT2D eigenvalue weighted by molar-refractivity contribution is -0.156. The third-order valence-corrected chi connectivity index (χ3v) is 4.11. The summed E-state index contributed by atoms with van der Waals surface area (Å²) in [6, 6.07) is 10.7. The van der Waals surface area contributed by atoms with Crippen molar-refractivity contribution < 1.29 is 23.8 Å². The first-order chi connectivity index (χ1) is 12.4. The van der Waals surface area contributed by atoms with Crippen molar-refractivity contribution in [1.29, 1.82) is 0 Å². The molecule has 7 heteroatoms. The molecule has 6 nitrogen and oxygen atoms in total. The molecule has 0 aliphatic carbocycles. The molecule has 0 fully saturated rings. The number of carbonyl (C=O) groups is 2. The highest BCUT2D eigenvalue weighted by atomic mass is 35.5. The number of para-hydroxylation sites is 2. The van der Waals surface area contributed by atoms with Crippen molar-refractivity contribution in [2.24, 2.45) is 0 Å². The molecule has 0 aromatic heterocycles. The molecular weight excluding hydrogens is 358 g/mol. The molecule has 1 N–H and O–H groups in total. The maximum Gasteiger partial charge on any atom is 0.351 e. The number of benzene rings is 2. The Morgan fingerprint density at radius 2 is 1.96 bits per heavy atom. The van der Waals surface area contributed by atoms with Crippen LogP contribution in [0.15, 0.2) is 36.4 Å². The molecule has 0 saturated heterocycles. The molecule has 1 heterocycles. The number of aryl methyl sites for hydroxylation is 2. The molecule has 1 aliphatic heterocycles. The van der Waals surface area contributed by atoms with Crippen LogP contribution >= 0.6 is 11.6 Å². The molecular formula is C19H18ClNO5. The number of halogens is 1. The predicted molar refractivity (Wildman–Crippen MR) is 96.9 cm³/mol. The van der Waals surface area contributed by atoms with Crippen molar-refractivity contribution >= 4 is 29.2 Å². The van der Waals surface area contributed by atoms with Gasteiger partial charge in [0.05, 0.1) is 10.7 Å². The summed E-state index contributed by atoms with van der Waals surface area (Å²) in [5, 5.41) is 3.09. The lowest BCUT2D eigenvalue weighted by Gasteiger charge is -2.24. The Hall–Kier alpha value is -2.73. The maximum atomic E-state index is 12.1. The van der Waals surface area contributed by atoms with E-state index in [1.165, 1.54) is 0 Å². The van der Waals surface area contributed by atoms with Gasteiger partial charge in [-0.3, -0.25) is 4.79 Å². The van der Waals surface area contributed by atoms with Crippen molar-refractivity contribution in [3.63, 3.8) is 0 Å². The van der Waals surface area contributed by atoms with Gasteiger partial charge in [0.25, 0.3) is 5.91 Å². The van der Waals surface area contributed by atoms with E-state index in [0.717, 1.165) is 11.1 Å². The minimum Gasteiger partial charge on any atom is -0.485 e. The number of nitrogens with one attached hydrogen (secondary N) is 1. The van der Waals surface area contributed by atoms with Gasteiger partial charge in [0, 0.05) is 0 Å². The van der Waals surface area contributed by atoms with E-state index in [-0.39, 0.29) is 6.61 Å². The highest BCUT2D eigenvalue weighted by molar-refractivity contribution is 6.34. The van der Waals surface area contributed by atoms with Crippen LogP contribution in [0.25, 0.3) is 0 Å². The van der Waals surface area contributed by atoms with Gasteiger partial charge in [0.15, 0.2) is 18.1 Å². The van der Waals surface area contributed by atoms with Crippen LogP contribution in [-0.4, -0.2) is 31.2 Å². The monoisotopic (exact) mass is 375 g/mol. The number of hydrogen-bond acceptors (Lipinski definition) is 5. The van der Waals surface area contributed by atoms with E-state index >= 15 is 0 Å². The highest BCUT2D eigenvalue weighted by Gasteiger charge is 2.29. The Morgan fingerprint density at radius 3 is 2.69 bits per heavy atom. The number of rotatable bonds is 4. The molecule has 0 unspecified atom stereocenters. The topological polar surface area (TPSA) is 73.9 Å². The molecule has 136 valence electrons. The lowest BCUT2D eigenvalue weighted by Crippen LogP contribution is -2.39. The van der Waals surface area contributed by atoms with Gasteiger partial charge in [-0.2, -0.15) is 0 Å². The van der Waals surface area contributed by atoms with E-state index < -0.39 is 24.6 Å². The first-order valence-electron chi connectivity index (χ1n) is 8.06. The molecule has 0 spiro atoms. The summed E-state index contributed by atoms with van der Waals surface area (Å²) >= 11 is 6.15. The Balaban J connectivity index is 1.54. The first kappa shape index (κ1) is 18.1. The normalized spacial score (nSPS) is 15.3. The van der Waals surface area contributed by atoms with E-state index in [1.54, 1.807) is 24.3 Å². The average molecular weight is 376 g/mol. The van der Waals surface area contributed by atoms with Crippen molar-refractivity contribution in [2.75, 3.05) is 18.5 Å². The zero-order valence-electron chi connectivity index (χ0n) is 14.4. The highest BCUT2D eigenvalue weighted by Crippen LogP contribution is 2.31. The van der Waals surface area contributed by atoms with Crippen LogP contribution in [0.5, 0.6) is 11.5 Å². The quantitative estimate of drug-likeness (QED) is 0.830. The Morgan fingerprint density at radius 1 is 1.23 bits per heavy atom. The maximum absolute atomic E-state index is 12.1. The second-order valence-electron chi connectivity index (χ2n) is 5.96. The molecule has 2 aromatic rings. The zero-order chi connectivity index (χ0) is 18.7. The van der Waals surface area contributed by atoms with Crippen LogP contribution in [0.4, 0.5) is 5.69 Å². The van der Waals surface area contributed by atoms with Crippen LogP contribution < -0.4 is 14.8 Å². The van der Waals surface area contributed by atoms with E-state index in [4.69, 9.17) is 25.8 Å². The number of esters is 1. The van der Waals surface area contributed by atoms with E-state index in [9.17, 15) is 9.59 Å². The predicted octanol–water partition coefficient (Wildman–Crippen LogP) is 3.28. The number of ether oxygens (including phenoxy) is 3. The standard InChI is InChI=1S/C19H18ClNO5/c1-11-7-12(2)18(13(20)8-11)21-17(22)10-25-19(23)16-9-24-14-5-3-4-6-15(14)26-16/h3-8,16H,9-10H2,1-2H3,(H,21,22)/t16-/m0/s1. The van der Waals surface area contributed by atoms with Gasteiger partial charge in [-0.05, 0) is 43.2 Å². The van der Waals surface area contributed by atoms with Gasteiger partial charge in [-0.25, -0.2) is 4.79 Å². The Bertz CT molecular complexity index is 829. The van der Waals surface area contributed by atoms with Crippen LogP contribution in [-0.2, 0) is 14.3 Å². The Labute approximate surface area is 156 Å². The number of amides is 1. The van der Waals surface area contributed by atoms with Crippen LogP contribution in [0.3, 0.4) is 0 Å². The van der Waals surface area contributed by atoms with Crippen molar-refractivity contribution in [3.8, 4) is 11.5 Å². The molecule has 1 atom stereocenters. The fourth-order valence-corrected chi connectivity index (χ4v) is 2.98. The lowest BCUT2D eigenvalue weighted by atomic mass is 10.1. The fraction of sp³-hybridized carbons (Fsp3) is 0.263. The number of anilines is 1. The van der Waals surface area contributed by atoms with Crippen LogP contribution in [0.2, 0.25) is 5.02 Å². The van der Waals surface area contributed by atoms with Crippen molar-refractivity contribution in [3.05, 3.63) is 52.5 Å². The van der Waals surface area contributed by atoms with Crippen molar-refractivity contribution in [2.45, 2.75) is 20.0 Å². The molecule has 0 bridgehead atoms. The smallest absolute Gasteiger partial charge is 0.351 e. The van der Waals surface area contributed by atoms with Gasteiger partial charge in [0.2, 0.25) is 6.10 Å². The first-order valence-corrected chi connectivity index (χ1v) is 8.43. The molecule has 26 heavy (non-hydrogen) atoms. The van der Waals surface area contributed by atoms with Gasteiger partial charge in [-0.1, -0.05) is 29.8 Å². The molecule has 1 amide bonds. The van der Waals surface area contributed by atoms with Crippen LogP contribution in [0, 0.1) is 13.8 Å². The average Bonchev–Trinajstić information content (AvgIpc) is 2.62. The SMILES string of the molecule is Cc1cc(C)c(NC(=O)COC(=O)[C@@H]2COc3ccccc3O2)c(Cl)c1. The van der Waals surface area contributed by atoms with E-state index in [0.29, 0.717) is 22.2 Å². The van der Waals surface area contributed by atoms with Gasteiger partial charge in [0.1, 0.15) is 6.61 Å². The minimum absolute atomic E-state index is 0.0281. The Kier molecular flexibility index (Phi) is 5.32. The number of carbonyl (C=O) groups excluding carboxylic acids is 2. The largest absolute Gasteiger partial charge is 0.485 e. The summed E-state index contributed by atoms with van der Waals surface area (Å²) < 4.78 is 16.0. The molecule has 0 saturated carbocycles. The fourth-order valence-electron chi connectivity index (χ4n) is 2.61. The second kappa shape index (κ2) is 7.66. The summed E-state index contributed by atoms with van der Waals surface area (Å²) in [4.78, 5) is 24.2. The van der Waals surface area contributed by atoms with Gasteiger partial charge in [-0.15, -0.1) is 0 Å². The van der Waals surface area contributed by atoms with Crippen molar-refractivity contribution in [1.82, 2.24) is 0 Å². The molecule has 1 aliphatic rings. The molecule has 3 rings (SSSR count). The summed E-state index contributed by atoms with van der Waals surface area (Å²) in [7, 11) is 0.